The van der Waals surface area contributed by atoms with E-state index in [9.17, 15) is 19.5 Å². The first-order valence-corrected chi connectivity index (χ1v) is 11.7. The molecule has 0 spiro atoms. The molecule has 0 aromatic rings. The Hall–Kier alpha value is -1.35. The summed E-state index contributed by atoms with van der Waals surface area (Å²) in [5.41, 5.74) is -1.89. The topological polar surface area (TPSA) is 111 Å². The van der Waals surface area contributed by atoms with Crippen LogP contribution in [-0.4, -0.2) is 59.5 Å². The molecule has 10 atom stereocenters. The summed E-state index contributed by atoms with van der Waals surface area (Å²) in [5, 5.41) is 13.2. The Morgan fingerprint density at radius 3 is 2.19 bits per heavy atom. The average Bonchev–Trinajstić information content (AvgIpc) is 3.07. The van der Waals surface area contributed by atoms with Gasteiger partial charge in [0, 0.05) is 24.9 Å². The predicted molar refractivity (Wildman–Crippen MR) is 118 cm³/mol. The van der Waals surface area contributed by atoms with Crippen molar-refractivity contribution in [2.75, 3.05) is 7.11 Å². The van der Waals surface area contributed by atoms with Crippen LogP contribution in [0.4, 0.5) is 0 Å². The molecule has 2 aliphatic heterocycles. The van der Waals surface area contributed by atoms with Crippen LogP contribution in [-0.2, 0) is 28.6 Å². The summed E-state index contributed by atoms with van der Waals surface area (Å²) >= 11 is 0. The van der Waals surface area contributed by atoms with E-state index in [0.29, 0.717) is 12.8 Å². The highest BCUT2D eigenvalue weighted by molar-refractivity contribution is 5.99. The minimum atomic E-state index is -1.29. The highest BCUT2D eigenvalue weighted by atomic mass is 16.7. The molecule has 2 aliphatic rings. The molecule has 8 nitrogen and oxygen atoms in total. The third-order valence-electron chi connectivity index (χ3n) is 8.13. The zero-order valence-corrected chi connectivity index (χ0v) is 20.9. The minimum absolute atomic E-state index is 0.00696. The van der Waals surface area contributed by atoms with Crippen molar-refractivity contribution in [3.8, 4) is 0 Å². The Labute approximate surface area is 191 Å². The number of esters is 1. The Morgan fingerprint density at radius 2 is 1.66 bits per heavy atom. The van der Waals surface area contributed by atoms with Crippen LogP contribution in [0.2, 0.25) is 0 Å². The third kappa shape index (κ3) is 4.79. The van der Waals surface area contributed by atoms with E-state index in [4.69, 9.17) is 14.2 Å². The van der Waals surface area contributed by atoms with E-state index in [0.717, 1.165) is 0 Å². The number of cyclic esters (lactones) is 1. The van der Waals surface area contributed by atoms with Gasteiger partial charge >= 0.3 is 5.97 Å². The summed E-state index contributed by atoms with van der Waals surface area (Å²) in [5.74, 6) is -3.39. The molecule has 0 radical (unpaired) electrons. The molecule has 0 bridgehead atoms. The van der Waals surface area contributed by atoms with Gasteiger partial charge in [-0.1, -0.05) is 34.6 Å². The van der Waals surface area contributed by atoms with E-state index in [1.165, 1.54) is 0 Å². The number of methoxy groups -OCH3 is 1. The summed E-state index contributed by atoms with van der Waals surface area (Å²) < 4.78 is 17.4. The van der Waals surface area contributed by atoms with Crippen molar-refractivity contribution in [1.82, 2.24) is 5.32 Å². The van der Waals surface area contributed by atoms with Gasteiger partial charge in [-0.3, -0.25) is 19.7 Å². The Balaban J connectivity index is 2.56. The van der Waals surface area contributed by atoms with Gasteiger partial charge in [-0.2, -0.15) is 0 Å². The van der Waals surface area contributed by atoms with E-state index < -0.39 is 53.5 Å². The lowest BCUT2D eigenvalue weighted by Crippen LogP contribution is -2.57. The molecule has 0 amide bonds. The van der Waals surface area contributed by atoms with E-state index >= 15 is 0 Å². The van der Waals surface area contributed by atoms with Crippen molar-refractivity contribution in [2.24, 2.45) is 29.6 Å². The van der Waals surface area contributed by atoms with Gasteiger partial charge < -0.3 is 19.3 Å². The fourth-order valence-corrected chi connectivity index (χ4v) is 5.49. The Kier molecular flexibility index (Phi) is 8.30. The number of ketones is 2. The number of ether oxygens (including phenoxy) is 3. The van der Waals surface area contributed by atoms with Gasteiger partial charge in [0.15, 0.2) is 0 Å². The monoisotopic (exact) mass is 455 g/mol. The van der Waals surface area contributed by atoms with Gasteiger partial charge in [0.1, 0.15) is 29.2 Å². The van der Waals surface area contributed by atoms with Crippen molar-refractivity contribution in [3.05, 3.63) is 0 Å². The molecule has 32 heavy (non-hydrogen) atoms. The van der Waals surface area contributed by atoms with Crippen LogP contribution >= 0.6 is 0 Å². The summed E-state index contributed by atoms with van der Waals surface area (Å²) in [4.78, 5) is 39.6. The number of nitrogens with one attached hydrogen (secondary N) is 1. The number of hydrogen-bond donors (Lipinski definition) is 2. The van der Waals surface area contributed by atoms with Crippen LogP contribution in [0, 0.1) is 29.6 Å². The smallest absolute Gasteiger partial charge is 0.316 e. The molecule has 2 heterocycles. The van der Waals surface area contributed by atoms with Crippen molar-refractivity contribution in [3.63, 3.8) is 0 Å². The van der Waals surface area contributed by atoms with Crippen LogP contribution in [0.15, 0.2) is 0 Å². The number of carbonyl (C=O) groups is 3. The maximum Gasteiger partial charge on any atom is 0.316 e. The van der Waals surface area contributed by atoms with Crippen LogP contribution in [0.3, 0.4) is 0 Å². The minimum Gasteiger partial charge on any atom is -0.459 e. The van der Waals surface area contributed by atoms with Gasteiger partial charge in [0.05, 0.1) is 11.6 Å². The van der Waals surface area contributed by atoms with Crippen LogP contribution in [0.5, 0.6) is 0 Å². The molecule has 8 heteroatoms. The molecule has 0 aromatic carbocycles. The van der Waals surface area contributed by atoms with Gasteiger partial charge in [0.2, 0.25) is 6.41 Å². The van der Waals surface area contributed by atoms with Gasteiger partial charge in [-0.15, -0.1) is 0 Å². The Morgan fingerprint density at radius 1 is 1.06 bits per heavy atom. The molecular weight excluding hydrogens is 414 g/mol. The van der Waals surface area contributed by atoms with Crippen molar-refractivity contribution >= 4 is 17.5 Å². The zero-order chi connectivity index (χ0) is 24.6. The highest BCUT2D eigenvalue weighted by Gasteiger charge is 2.55. The zero-order valence-electron chi connectivity index (χ0n) is 20.9. The second kappa shape index (κ2) is 9.87. The van der Waals surface area contributed by atoms with Crippen molar-refractivity contribution in [1.29, 1.82) is 0 Å². The number of hydrogen-bond acceptors (Lipinski definition) is 8. The average molecular weight is 456 g/mol. The fraction of sp³-hybridized carbons (Fsp3) is 0.875. The number of carbonyl (C=O) groups excluding carboxylic acids is 3. The highest BCUT2D eigenvalue weighted by Crippen LogP contribution is 2.40. The molecule has 1 unspecified atom stereocenters. The lowest BCUT2D eigenvalue weighted by Gasteiger charge is -2.42. The van der Waals surface area contributed by atoms with E-state index in [-0.39, 0.29) is 23.4 Å². The third-order valence-corrected chi connectivity index (χ3v) is 8.13. The fourth-order valence-electron chi connectivity index (χ4n) is 5.49. The Bertz CT molecular complexity index is 727. The second-order valence-corrected chi connectivity index (χ2v) is 10.1. The van der Waals surface area contributed by atoms with E-state index in [1.807, 2.05) is 27.7 Å². The number of rotatable bonds is 2. The SMILES string of the molecule is CC[C@H]1OC(=O)[C@H](C)C(=O)[C@H](C)[C@@H](C)[C@](C)(OC)C[C@@H](C)C(=O)[C@H](C)[C@H]2NC(O)O[C@@]21C. The molecule has 2 saturated heterocycles. The number of fused-ring (bicyclic) bond motifs is 1. The standard InChI is InChI=1S/C24H41NO7/c1-10-17-24(8)20(25-22(29)32-24)14(4)18(26)12(2)11-23(7,30-9)16(6)13(3)19(27)15(5)21(28)31-17/h12-17,20,22,25,29H,10-11H2,1-9H3/t12-,13-,14+,15-,16-,17-,20-,22?,23-,24-/m1/s1. The molecular formula is C24H41NO7. The second-order valence-electron chi connectivity index (χ2n) is 10.1. The largest absolute Gasteiger partial charge is 0.459 e. The van der Waals surface area contributed by atoms with Gasteiger partial charge in [-0.25, -0.2) is 0 Å². The van der Waals surface area contributed by atoms with Gasteiger partial charge in [0.25, 0.3) is 0 Å². The van der Waals surface area contributed by atoms with Crippen LogP contribution in [0.25, 0.3) is 0 Å². The van der Waals surface area contributed by atoms with Crippen molar-refractivity contribution in [2.45, 2.75) is 98.0 Å². The predicted octanol–water partition coefficient (Wildman–Crippen LogP) is 2.46. The lowest BCUT2D eigenvalue weighted by molar-refractivity contribution is -0.198. The molecule has 2 fully saturated rings. The summed E-state index contributed by atoms with van der Waals surface area (Å²) in [6.07, 6.45) is -1.21. The summed E-state index contributed by atoms with van der Waals surface area (Å²) in [6.45, 7) is 14.4. The molecule has 0 aliphatic carbocycles. The molecule has 2 N–H and O–H groups in total. The normalized spacial score (nSPS) is 47.0. The van der Waals surface area contributed by atoms with E-state index in [1.54, 1.807) is 34.8 Å². The molecule has 0 saturated carbocycles. The first-order valence-electron chi connectivity index (χ1n) is 11.7. The number of aliphatic hydroxyl groups excluding tert-OH is 1. The van der Waals surface area contributed by atoms with Crippen molar-refractivity contribution < 1.29 is 33.7 Å². The first-order chi connectivity index (χ1) is 14.7. The van der Waals surface area contributed by atoms with E-state index in [2.05, 4.69) is 5.32 Å². The molecule has 0 aromatic heterocycles. The molecule has 2 rings (SSSR count). The quantitative estimate of drug-likeness (QED) is 0.483. The van der Waals surface area contributed by atoms with Crippen LogP contribution < -0.4 is 5.32 Å². The maximum absolute atomic E-state index is 13.5. The summed E-state index contributed by atoms with van der Waals surface area (Å²) in [6, 6.07) is -0.579. The lowest BCUT2D eigenvalue weighted by atomic mass is 9.71. The van der Waals surface area contributed by atoms with Crippen LogP contribution in [0.1, 0.15) is 68.2 Å². The number of Topliss-reactive ketones (excluding diaryl/α,β-unsaturated/α-hetero) is 2. The van der Waals surface area contributed by atoms with Gasteiger partial charge in [-0.05, 0) is 39.5 Å². The number of aliphatic hydroxyl groups is 1. The maximum atomic E-state index is 13.5. The molecule has 184 valence electrons. The first kappa shape index (κ1) is 26.9. The summed E-state index contributed by atoms with van der Waals surface area (Å²) in [7, 11) is 1.58.